The first-order valence-corrected chi connectivity index (χ1v) is 11.7. The number of hydrogen-bond acceptors (Lipinski definition) is 4. The lowest BCUT2D eigenvalue weighted by Gasteiger charge is -2.04. The van der Waals surface area contributed by atoms with Crippen LogP contribution in [0.3, 0.4) is 0 Å². The summed E-state index contributed by atoms with van der Waals surface area (Å²) in [5, 5.41) is 8.79. The lowest BCUT2D eigenvalue weighted by atomic mass is 10.0. The van der Waals surface area contributed by atoms with Gasteiger partial charge in [0.2, 0.25) is 0 Å². The summed E-state index contributed by atoms with van der Waals surface area (Å²) in [4.78, 5) is 0. The fourth-order valence-corrected chi connectivity index (χ4v) is 5.00. The summed E-state index contributed by atoms with van der Waals surface area (Å²) >= 11 is 0. The van der Waals surface area contributed by atoms with Crippen LogP contribution in [0.5, 0.6) is 11.5 Å². The molecule has 0 N–H and O–H groups in total. The summed E-state index contributed by atoms with van der Waals surface area (Å²) < 4.78 is 24.0. The quantitative estimate of drug-likeness (QED) is 0.271. The molecule has 34 heavy (non-hydrogen) atoms. The maximum Gasteiger partial charge on any atom is 0.136 e. The molecule has 0 aliphatic heterocycles. The molecule has 0 saturated heterocycles. The minimum atomic E-state index is 0.647. The Labute approximate surface area is 195 Å². The van der Waals surface area contributed by atoms with Crippen LogP contribution in [0.2, 0.25) is 0 Å². The molecule has 5 aromatic carbocycles. The zero-order valence-corrected chi connectivity index (χ0v) is 19.0. The Hall–Kier alpha value is -4.18. The summed E-state index contributed by atoms with van der Waals surface area (Å²) in [7, 11) is 0. The van der Waals surface area contributed by atoms with Gasteiger partial charge in [-0.15, -0.1) is 0 Å². The van der Waals surface area contributed by atoms with Gasteiger partial charge in [-0.3, -0.25) is 0 Å². The van der Waals surface area contributed by atoms with Gasteiger partial charge in [0.05, 0.1) is 13.2 Å². The molecule has 0 saturated carbocycles. The van der Waals surface area contributed by atoms with Gasteiger partial charge in [-0.25, -0.2) is 0 Å². The van der Waals surface area contributed by atoms with Gasteiger partial charge in [0.15, 0.2) is 0 Å². The van der Waals surface area contributed by atoms with Crippen molar-refractivity contribution in [1.29, 1.82) is 0 Å². The Morgan fingerprint density at radius 3 is 1.32 bits per heavy atom. The molecule has 0 aliphatic carbocycles. The standard InChI is InChI=1S/C30H22O4/c1-3-31-21-7-5-17-11-23-25-15-30-26(16-29(25)33-27(23)13-19(17)9-21)24-12-18-6-8-22(32-4-2)10-20(18)14-28(24)34-30/h5-16H,3-4H2,1-2H3. The first-order valence-electron chi connectivity index (χ1n) is 11.7. The molecule has 166 valence electrons. The number of benzene rings is 5. The third-order valence-corrected chi connectivity index (χ3v) is 6.54. The molecular weight excluding hydrogens is 424 g/mol. The van der Waals surface area contributed by atoms with Crippen molar-refractivity contribution in [1.82, 2.24) is 0 Å². The number of ether oxygens (including phenoxy) is 2. The van der Waals surface area contributed by atoms with Crippen LogP contribution in [0.25, 0.3) is 65.4 Å². The first-order chi connectivity index (χ1) is 16.7. The molecule has 0 amide bonds. The first kappa shape index (κ1) is 19.3. The lowest BCUT2D eigenvalue weighted by molar-refractivity contribution is 0.340. The van der Waals surface area contributed by atoms with Crippen molar-refractivity contribution in [2.75, 3.05) is 13.2 Å². The van der Waals surface area contributed by atoms with Crippen molar-refractivity contribution in [2.45, 2.75) is 13.8 Å². The van der Waals surface area contributed by atoms with E-state index in [0.29, 0.717) is 13.2 Å². The van der Waals surface area contributed by atoms with Crippen molar-refractivity contribution in [3.05, 3.63) is 72.8 Å². The minimum absolute atomic E-state index is 0.647. The number of fused-ring (bicyclic) bond motifs is 8. The van der Waals surface area contributed by atoms with Crippen molar-refractivity contribution >= 4 is 65.4 Å². The van der Waals surface area contributed by atoms with Crippen LogP contribution in [0.1, 0.15) is 13.8 Å². The third kappa shape index (κ3) is 2.85. The number of rotatable bonds is 4. The normalized spacial score (nSPS) is 12.1. The Bertz CT molecular complexity index is 1750. The highest BCUT2D eigenvalue weighted by Crippen LogP contribution is 2.39. The van der Waals surface area contributed by atoms with E-state index in [4.69, 9.17) is 18.3 Å². The minimum Gasteiger partial charge on any atom is -0.494 e. The monoisotopic (exact) mass is 446 g/mol. The second-order valence-electron chi connectivity index (χ2n) is 8.63. The lowest BCUT2D eigenvalue weighted by Crippen LogP contribution is -1.90. The van der Waals surface area contributed by atoms with Crippen molar-refractivity contribution in [3.63, 3.8) is 0 Å². The van der Waals surface area contributed by atoms with Crippen molar-refractivity contribution in [3.8, 4) is 11.5 Å². The summed E-state index contributed by atoms with van der Waals surface area (Å²) in [5.41, 5.74) is 3.44. The van der Waals surface area contributed by atoms with Crippen LogP contribution in [-0.4, -0.2) is 13.2 Å². The molecule has 4 heteroatoms. The molecule has 4 nitrogen and oxygen atoms in total. The Balaban J connectivity index is 1.45. The molecule has 7 aromatic rings. The van der Waals surface area contributed by atoms with E-state index in [9.17, 15) is 0 Å². The van der Waals surface area contributed by atoms with Crippen LogP contribution in [0.15, 0.2) is 81.6 Å². The van der Waals surface area contributed by atoms with Crippen LogP contribution in [0.4, 0.5) is 0 Å². The molecule has 0 aliphatic rings. The van der Waals surface area contributed by atoms with E-state index in [2.05, 4.69) is 60.7 Å². The molecule has 2 heterocycles. The zero-order valence-electron chi connectivity index (χ0n) is 19.0. The molecule has 0 atom stereocenters. The smallest absolute Gasteiger partial charge is 0.136 e. The maximum absolute atomic E-state index is 6.32. The van der Waals surface area contributed by atoms with E-state index in [1.54, 1.807) is 0 Å². The molecular formula is C30H22O4. The van der Waals surface area contributed by atoms with Crippen molar-refractivity contribution in [2.24, 2.45) is 0 Å². The average Bonchev–Trinajstić information content (AvgIpc) is 3.36. The van der Waals surface area contributed by atoms with E-state index < -0.39 is 0 Å². The summed E-state index contributed by atoms with van der Waals surface area (Å²) in [6.45, 7) is 5.28. The second kappa shape index (κ2) is 7.16. The highest BCUT2D eigenvalue weighted by Gasteiger charge is 2.15. The SMILES string of the molecule is CCOc1ccc2cc3c(cc2c1)oc1cc2c(cc13)oc1cc3cc(OCC)ccc3cc12. The highest BCUT2D eigenvalue weighted by atomic mass is 16.5. The van der Waals surface area contributed by atoms with Gasteiger partial charge in [0, 0.05) is 21.5 Å². The van der Waals surface area contributed by atoms with E-state index >= 15 is 0 Å². The predicted molar refractivity (Wildman–Crippen MR) is 138 cm³/mol. The van der Waals surface area contributed by atoms with Crippen LogP contribution in [0, 0.1) is 0 Å². The van der Waals surface area contributed by atoms with Crippen molar-refractivity contribution < 1.29 is 18.3 Å². The van der Waals surface area contributed by atoms with Gasteiger partial charge < -0.3 is 18.3 Å². The summed E-state index contributed by atoms with van der Waals surface area (Å²) in [6, 6.07) is 25.1. The second-order valence-corrected chi connectivity index (χ2v) is 8.63. The number of furan rings is 2. The fraction of sp³-hybridized carbons (Fsp3) is 0.133. The number of hydrogen-bond donors (Lipinski definition) is 0. The van der Waals surface area contributed by atoms with Crippen LogP contribution >= 0.6 is 0 Å². The summed E-state index contributed by atoms with van der Waals surface area (Å²) in [5.74, 6) is 1.74. The Morgan fingerprint density at radius 1 is 0.471 bits per heavy atom. The summed E-state index contributed by atoms with van der Waals surface area (Å²) in [6.07, 6.45) is 0. The molecule has 2 aromatic heterocycles. The van der Waals surface area contributed by atoms with Crippen LogP contribution in [-0.2, 0) is 0 Å². The fourth-order valence-electron chi connectivity index (χ4n) is 5.00. The topological polar surface area (TPSA) is 44.7 Å². The highest BCUT2D eigenvalue weighted by molar-refractivity contribution is 6.18. The molecule has 0 bridgehead atoms. The van der Waals surface area contributed by atoms with Crippen LogP contribution < -0.4 is 9.47 Å². The Kier molecular flexibility index (Phi) is 4.06. The molecule has 0 unspecified atom stereocenters. The van der Waals surface area contributed by atoms with E-state index in [0.717, 1.165) is 76.9 Å². The maximum atomic E-state index is 6.32. The zero-order chi connectivity index (χ0) is 22.8. The van der Waals surface area contributed by atoms with Gasteiger partial charge in [-0.05, 0) is 96.1 Å². The van der Waals surface area contributed by atoms with Gasteiger partial charge >= 0.3 is 0 Å². The average molecular weight is 447 g/mol. The third-order valence-electron chi connectivity index (χ3n) is 6.54. The van der Waals surface area contributed by atoms with Gasteiger partial charge in [-0.2, -0.15) is 0 Å². The molecule has 7 rings (SSSR count). The Morgan fingerprint density at radius 2 is 0.882 bits per heavy atom. The molecule has 0 spiro atoms. The van der Waals surface area contributed by atoms with E-state index in [1.165, 1.54) is 0 Å². The van der Waals surface area contributed by atoms with Gasteiger partial charge in [0.1, 0.15) is 33.8 Å². The van der Waals surface area contributed by atoms with Gasteiger partial charge in [0.25, 0.3) is 0 Å². The molecule has 0 fully saturated rings. The van der Waals surface area contributed by atoms with E-state index in [-0.39, 0.29) is 0 Å². The largest absolute Gasteiger partial charge is 0.494 e. The van der Waals surface area contributed by atoms with Gasteiger partial charge in [-0.1, -0.05) is 12.1 Å². The predicted octanol–water partition coefficient (Wildman–Crippen LogP) is 8.59. The van der Waals surface area contributed by atoms with E-state index in [1.807, 2.05) is 26.0 Å². The molecule has 0 radical (unpaired) electrons.